The molecule has 0 amide bonds. The molecule has 1 N–H and O–H groups in total. The first-order chi connectivity index (χ1) is 9.48. The van der Waals surface area contributed by atoms with Gasteiger partial charge in [-0.15, -0.1) is 0 Å². The smallest absolute Gasteiger partial charge is 0.0967 e. The summed E-state index contributed by atoms with van der Waals surface area (Å²) in [7, 11) is 0. The van der Waals surface area contributed by atoms with Crippen LogP contribution in [-0.2, 0) is 5.60 Å². The second-order valence-corrected chi connectivity index (χ2v) is 8.47. The van der Waals surface area contributed by atoms with Gasteiger partial charge in [0.15, 0.2) is 0 Å². The predicted octanol–water partition coefficient (Wildman–Crippen LogP) is 5.05. The summed E-state index contributed by atoms with van der Waals surface area (Å²) in [5.74, 6) is 2.54. The minimum Gasteiger partial charge on any atom is -0.385 e. The van der Waals surface area contributed by atoms with Crippen molar-refractivity contribution >= 4 is 27.5 Å². The van der Waals surface area contributed by atoms with E-state index in [1.165, 1.54) is 32.1 Å². The zero-order valence-electron chi connectivity index (χ0n) is 11.7. The third-order valence-electron chi connectivity index (χ3n) is 6.06. The van der Waals surface area contributed by atoms with Gasteiger partial charge in [0.1, 0.15) is 0 Å². The molecular formula is C17H20BrClO. The van der Waals surface area contributed by atoms with Crippen molar-refractivity contribution in [2.75, 3.05) is 0 Å². The molecule has 20 heavy (non-hydrogen) atoms. The average molecular weight is 356 g/mol. The maximum atomic E-state index is 11.6. The summed E-state index contributed by atoms with van der Waals surface area (Å²) in [6, 6.07) is 4.06. The molecule has 4 bridgehead atoms. The Kier molecular flexibility index (Phi) is 3.04. The highest BCUT2D eigenvalue weighted by Gasteiger charge is 2.57. The summed E-state index contributed by atoms with van der Waals surface area (Å²) >= 11 is 10.0. The van der Waals surface area contributed by atoms with Crippen molar-refractivity contribution in [3.63, 3.8) is 0 Å². The second-order valence-electron chi connectivity index (χ2n) is 7.21. The zero-order valence-corrected chi connectivity index (χ0v) is 14.0. The normalized spacial score (nSPS) is 42.2. The summed E-state index contributed by atoms with van der Waals surface area (Å²) in [4.78, 5) is 0. The van der Waals surface area contributed by atoms with Crippen LogP contribution < -0.4 is 0 Å². The molecular weight excluding hydrogens is 336 g/mol. The topological polar surface area (TPSA) is 20.2 Å². The van der Waals surface area contributed by atoms with E-state index in [9.17, 15) is 5.11 Å². The standard InChI is InChI=1S/C17H20BrClO/c1-9-2-14(16(19)8-15(9)18)17(20)12-4-10-3-11(6-12)7-13(17)5-10/h2,8,10-13,20H,3-7H2,1H3. The van der Waals surface area contributed by atoms with Crippen LogP contribution in [0.1, 0.15) is 43.2 Å². The minimum absolute atomic E-state index is 0.414. The number of halogens is 2. The fourth-order valence-corrected chi connectivity index (χ4v) is 6.10. The number of benzene rings is 1. The van der Waals surface area contributed by atoms with Gasteiger partial charge in [0, 0.05) is 15.1 Å². The molecule has 0 radical (unpaired) electrons. The maximum absolute atomic E-state index is 11.6. The lowest BCUT2D eigenvalue weighted by atomic mass is 9.48. The summed E-state index contributed by atoms with van der Waals surface area (Å²) in [5, 5.41) is 12.3. The molecule has 4 fully saturated rings. The van der Waals surface area contributed by atoms with Gasteiger partial charge in [-0.05, 0) is 74.3 Å². The molecule has 4 aliphatic rings. The Labute approximate surface area is 133 Å². The summed E-state index contributed by atoms with van der Waals surface area (Å²) < 4.78 is 1.03. The monoisotopic (exact) mass is 354 g/mol. The SMILES string of the molecule is Cc1cc(C2(O)C3CC4CC(C3)CC2C4)c(Cl)cc1Br. The second kappa shape index (κ2) is 4.47. The molecule has 1 aromatic carbocycles. The van der Waals surface area contributed by atoms with Gasteiger partial charge in [0.25, 0.3) is 0 Å². The molecule has 4 aliphatic carbocycles. The van der Waals surface area contributed by atoms with Crippen molar-refractivity contribution in [3.05, 3.63) is 32.8 Å². The highest BCUT2D eigenvalue weighted by molar-refractivity contribution is 9.10. The lowest BCUT2D eigenvalue weighted by Crippen LogP contribution is -2.55. The van der Waals surface area contributed by atoms with E-state index in [0.717, 1.165) is 32.5 Å². The van der Waals surface area contributed by atoms with E-state index < -0.39 is 5.60 Å². The molecule has 0 unspecified atom stereocenters. The van der Waals surface area contributed by atoms with E-state index in [4.69, 9.17) is 11.6 Å². The van der Waals surface area contributed by atoms with Gasteiger partial charge in [-0.1, -0.05) is 33.6 Å². The highest BCUT2D eigenvalue weighted by atomic mass is 79.9. The van der Waals surface area contributed by atoms with Crippen LogP contribution in [0.25, 0.3) is 0 Å². The molecule has 108 valence electrons. The van der Waals surface area contributed by atoms with Crippen LogP contribution in [0.3, 0.4) is 0 Å². The lowest BCUT2D eigenvalue weighted by Gasteiger charge is -2.59. The highest BCUT2D eigenvalue weighted by Crippen LogP contribution is 2.62. The van der Waals surface area contributed by atoms with Crippen molar-refractivity contribution in [2.45, 2.75) is 44.6 Å². The van der Waals surface area contributed by atoms with E-state index in [0.29, 0.717) is 11.8 Å². The summed E-state index contributed by atoms with van der Waals surface area (Å²) in [6.07, 6.45) is 6.16. The van der Waals surface area contributed by atoms with Crippen molar-refractivity contribution < 1.29 is 5.11 Å². The van der Waals surface area contributed by atoms with Crippen LogP contribution in [0.2, 0.25) is 5.02 Å². The summed E-state index contributed by atoms with van der Waals surface area (Å²) in [6.45, 7) is 2.07. The van der Waals surface area contributed by atoms with E-state index >= 15 is 0 Å². The van der Waals surface area contributed by atoms with Crippen LogP contribution in [0.15, 0.2) is 16.6 Å². The Bertz CT molecular complexity index is 540. The average Bonchev–Trinajstić information content (AvgIpc) is 2.39. The number of hydrogen-bond acceptors (Lipinski definition) is 1. The molecule has 3 heteroatoms. The number of aliphatic hydroxyl groups is 1. The van der Waals surface area contributed by atoms with E-state index in [-0.39, 0.29) is 0 Å². The van der Waals surface area contributed by atoms with E-state index in [1.807, 2.05) is 6.07 Å². The van der Waals surface area contributed by atoms with Crippen LogP contribution in [0, 0.1) is 30.6 Å². The Morgan fingerprint density at radius 1 is 1.10 bits per heavy atom. The van der Waals surface area contributed by atoms with Gasteiger partial charge in [-0.25, -0.2) is 0 Å². The van der Waals surface area contributed by atoms with E-state index in [1.54, 1.807) is 0 Å². The van der Waals surface area contributed by atoms with Crippen molar-refractivity contribution in [3.8, 4) is 0 Å². The third-order valence-corrected chi connectivity index (χ3v) is 7.23. The molecule has 4 saturated carbocycles. The van der Waals surface area contributed by atoms with Gasteiger partial charge in [0.05, 0.1) is 5.60 Å². The number of aryl methyl sites for hydroxylation is 1. The first-order valence-electron chi connectivity index (χ1n) is 7.67. The van der Waals surface area contributed by atoms with Crippen LogP contribution in [0.4, 0.5) is 0 Å². The van der Waals surface area contributed by atoms with Crippen LogP contribution in [-0.4, -0.2) is 5.11 Å². The van der Waals surface area contributed by atoms with Gasteiger partial charge in [-0.3, -0.25) is 0 Å². The Balaban J connectivity index is 1.83. The molecule has 1 nitrogen and oxygen atoms in total. The molecule has 0 heterocycles. The molecule has 0 aliphatic heterocycles. The molecule has 0 atom stereocenters. The Morgan fingerprint density at radius 2 is 1.65 bits per heavy atom. The first kappa shape index (κ1) is 13.6. The van der Waals surface area contributed by atoms with Gasteiger partial charge in [0.2, 0.25) is 0 Å². The Hall–Kier alpha value is -0.0500. The largest absolute Gasteiger partial charge is 0.385 e. The van der Waals surface area contributed by atoms with Crippen LogP contribution >= 0.6 is 27.5 Å². The molecule has 1 aromatic rings. The Morgan fingerprint density at radius 3 is 2.20 bits per heavy atom. The van der Waals surface area contributed by atoms with Crippen molar-refractivity contribution in [1.82, 2.24) is 0 Å². The molecule has 0 aromatic heterocycles. The molecule has 5 rings (SSSR count). The van der Waals surface area contributed by atoms with Gasteiger partial charge >= 0.3 is 0 Å². The number of hydrogen-bond donors (Lipinski definition) is 1. The van der Waals surface area contributed by atoms with Gasteiger partial charge in [-0.2, -0.15) is 0 Å². The minimum atomic E-state index is -0.685. The third kappa shape index (κ3) is 1.77. The first-order valence-corrected chi connectivity index (χ1v) is 8.84. The maximum Gasteiger partial charge on any atom is 0.0967 e. The summed E-state index contributed by atoms with van der Waals surface area (Å²) in [5.41, 5.74) is 1.45. The van der Waals surface area contributed by atoms with Crippen molar-refractivity contribution in [2.24, 2.45) is 23.7 Å². The molecule has 0 saturated heterocycles. The lowest BCUT2D eigenvalue weighted by molar-refractivity contribution is -0.179. The van der Waals surface area contributed by atoms with Gasteiger partial charge < -0.3 is 5.11 Å². The predicted molar refractivity (Wildman–Crippen MR) is 84.8 cm³/mol. The van der Waals surface area contributed by atoms with Crippen molar-refractivity contribution in [1.29, 1.82) is 0 Å². The number of rotatable bonds is 1. The fourth-order valence-electron chi connectivity index (χ4n) is 5.31. The van der Waals surface area contributed by atoms with Crippen LogP contribution in [0.5, 0.6) is 0 Å². The molecule has 0 spiro atoms. The zero-order chi connectivity index (χ0) is 14.1. The van der Waals surface area contributed by atoms with E-state index in [2.05, 4.69) is 28.9 Å². The quantitative estimate of drug-likeness (QED) is 0.747. The fraction of sp³-hybridized carbons (Fsp3) is 0.647.